The second kappa shape index (κ2) is 8.51. The number of halogens is 6. The number of benzene rings is 1. The largest absolute Gasteiger partial charge is 0.457 e. The first-order valence-electron chi connectivity index (χ1n) is 9.14. The molecule has 4 rings (SSSR count). The number of ether oxygens (including phenoxy) is 2. The van der Waals surface area contributed by atoms with Gasteiger partial charge in [-0.25, -0.2) is 27.2 Å². The molecule has 0 aliphatic heterocycles. The summed E-state index contributed by atoms with van der Waals surface area (Å²) in [5.74, 6) is -5.49. The van der Waals surface area contributed by atoms with Gasteiger partial charge in [0.2, 0.25) is 0 Å². The molecule has 1 aliphatic rings. The van der Waals surface area contributed by atoms with E-state index in [0.717, 1.165) is 18.3 Å². The summed E-state index contributed by atoms with van der Waals surface area (Å²) in [5, 5.41) is 10.2. The highest BCUT2D eigenvalue weighted by Gasteiger charge is 2.45. The number of nitrogens with one attached hydrogen (secondary N) is 1. The number of aromatic nitrogens is 5. The lowest BCUT2D eigenvalue weighted by Gasteiger charge is -2.35. The third-order valence-corrected chi connectivity index (χ3v) is 4.44. The second-order valence-corrected chi connectivity index (χ2v) is 6.89. The summed E-state index contributed by atoms with van der Waals surface area (Å²) in [6.45, 7) is -3.40. The molecule has 1 N–H and O–H groups in total. The smallest absolute Gasteiger partial charge is 0.387 e. The molecule has 14 heteroatoms. The molecule has 2 heterocycles. The predicted molar refractivity (Wildman–Crippen MR) is 95.9 cm³/mol. The van der Waals surface area contributed by atoms with Crippen molar-refractivity contribution in [3.8, 4) is 17.4 Å². The zero-order chi connectivity index (χ0) is 22.9. The van der Waals surface area contributed by atoms with Gasteiger partial charge in [-0.15, -0.1) is 5.10 Å². The van der Waals surface area contributed by atoms with Crippen LogP contribution >= 0.6 is 0 Å². The van der Waals surface area contributed by atoms with Crippen molar-refractivity contribution < 1.29 is 35.8 Å². The molecule has 32 heavy (non-hydrogen) atoms. The van der Waals surface area contributed by atoms with Crippen molar-refractivity contribution in [2.24, 2.45) is 0 Å². The number of hydrogen-bond donors (Lipinski definition) is 1. The fraction of sp³-hybridized carbons (Fsp3) is 0.333. The quantitative estimate of drug-likeness (QED) is 0.513. The Kier molecular flexibility index (Phi) is 5.76. The maximum atomic E-state index is 13.8. The molecule has 0 radical (unpaired) electrons. The van der Waals surface area contributed by atoms with Crippen LogP contribution in [0.3, 0.4) is 0 Å². The first kappa shape index (κ1) is 21.6. The van der Waals surface area contributed by atoms with Gasteiger partial charge < -0.3 is 14.8 Å². The van der Waals surface area contributed by atoms with E-state index in [4.69, 9.17) is 4.74 Å². The van der Waals surface area contributed by atoms with E-state index in [1.165, 1.54) is 16.9 Å². The van der Waals surface area contributed by atoms with E-state index in [-0.39, 0.29) is 29.8 Å². The zero-order valence-corrected chi connectivity index (χ0v) is 16.0. The van der Waals surface area contributed by atoms with Crippen LogP contribution in [0.15, 0.2) is 30.6 Å². The van der Waals surface area contributed by atoms with E-state index < -0.39 is 48.8 Å². The fourth-order valence-electron chi connectivity index (χ4n) is 2.93. The average Bonchev–Trinajstić information content (AvgIpc) is 3.17. The highest BCUT2D eigenvalue weighted by atomic mass is 19.3. The van der Waals surface area contributed by atoms with Crippen molar-refractivity contribution in [1.29, 1.82) is 0 Å². The molecule has 2 aromatic heterocycles. The first-order valence-corrected chi connectivity index (χ1v) is 9.14. The molecule has 0 amide bonds. The van der Waals surface area contributed by atoms with Crippen LogP contribution in [-0.2, 0) is 6.61 Å². The van der Waals surface area contributed by atoms with Gasteiger partial charge in [-0.3, -0.25) is 0 Å². The molecule has 1 aliphatic carbocycles. The van der Waals surface area contributed by atoms with E-state index in [1.807, 2.05) is 0 Å². The third kappa shape index (κ3) is 5.00. The summed E-state index contributed by atoms with van der Waals surface area (Å²) in [4.78, 5) is 7.49. The van der Waals surface area contributed by atoms with Gasteiger partial charge in [0.15, 0.2) is 23.2 Å². The van der Waals surface area contributed by atoms with E-state index >= 15 is 0 Å². The molecule has 1 saturated carbocycles. The van der Waals surface area contributed by atoms with Crippen LogP contribution in [0.25, 0.3) is 5.69 Å². The summed E-state index contributed by atoms with van der Waals surface area (Å²) in [6.07, 6.45) is 1.35. The van der Waals surface area contributed by atoms with Gasteiger partial charge in [-0.1, -0.05) is 5.21 Å². The van der Waals surface area contributed by atoms with Crippen molar-refractivity contribution in [2.75, 3.05) is 5.32 Å². The van der Waals surface area contributed by atoms with Crippen LogP contribution in [0.4, 0.5) is 32.2 Å². The number of anilines is 1. The van der Waals surface area contributed by atoms with Gasteiger partial charge >= 0.3 is 12.6 Å². The van der Waals surface area contributed by atoms with Crippen molar-refractivity contribution >= 4 is 5.82 Å². The summed E-state index contributed by atoms with van der Waals surface area (Å²) in [6, 6.07) is 2.38. The van der Waals surface area contributed by atoms with Gasteiger partial charge in [0.1, 0.15) is 12.3 Å². The molecule has 0 unspecified atom stereocenters. The van der Waals surface area contributed by atoms with Crippen LogP contribution in [0.2, 0.25) is 0 Å². The van der Waals surface area contributed by atoms with Gasteiger partial charge in [0, 0.05) is 24.9 Å². The molecule has 0 bridgehead atoms. The lowest BCUT2D eigenvalue weighted by Crippen LogP contribution is -2.44. The average molecular weight is 460 g/mol. The van der Waals surface area contributed by atoms with Crippen LogP contribution in [0.5, 0.6) is 11.8 Å². The standard InChI is InChI=1S/C18H14F6N6O2/c19-12-2-1-11(3-14(12)32-16(21)22)30-7-10(28-29-30)8-31-17-25-6-13(20)15(27-17)26-9-4-18(23,24)5-9/h1-3,6-7,9,16H,4-5,8H2,(H,25,26,27). The Morgan fingerprint density at radius 1 is 1.19 bits per heavy atom. The minimum absolute atomic E-state index is 0.197. The third-order valence-electron chi connectivity index (χ3n) is 4.44. The number of rotatable bonds is 8. The normalized spacial score (nSPS) is 15.5. The summed E-state index contributed by atoms with van der Waals surface area (Å²) in [7, 11) is 0. The highest BCUT2D eigenvalue weighted by Crippen LogP contribution is 2.39. The Bertz CT molecular complexity index is 1100. The number of hydrogen-bond acceptors (Lipinski definition) is 7. The fourth-order valence-corrected chi connectivity index (χ4v) is 2.93. The molecular weight excluding hydrogens is 446 g/mol. The minimum Gasteiger partial charge on any atom is -0.457 e. The van der Waals surface area contributed by atoms with Crippen LogP contribution in [0.1, 0.15) is 18.5 Å². The zero-order valence-electron chi connectivity index (χ0n) is 16.0. The van der Waals surface area contributed by atoms with Crippen LogP contribution in [0, 0.1) is 11.6 Å². The van der Waals surface area contributed by atoms with Crippen LogP contribution < -0.4 is 14.8 Å². The molecular formula is C18H14F6N6O2. The van der Waals surface area contributed by atoms with Crippen molar-refractivity contribution in [1.82, 2.24) is 25.0 Å². The first-order chi connectivity index (χ1) is 15.2. The Morgan fingerprint density at radius 2 is 1.97 bits per heavy atom. The van der Waals surface area contributed by atoms with E-state index in [0.29, 0.717) is 0 Å². The Morgan fingerprint density at radius 3 is 2.69 bits per heavy atom. The minimum atomic E-state index is -3.20. The molecule has 1 fully saturated rings. The van der Waals surface area contributed by atoms with Crippen LogP contribution in [-0.4, -0.2) is 43.5 Å². The lowest BCUT2D eigenvalue weighted by atomic mass is 9.88. The number of nitrogens with zero attached hydrogens (tertiary/aromatic N) is 5. The molecule has 3 aromatic rings. The highest BCUT2D eigenvalue weighted by molar-refractivity contribution is 5.40. The summed E-state index contributed by atoms with van der Waals surface area (Å²) >= 11 is 0. The monoisotopic (exact) mass is 460 g/mol. The molecule has 0 saturated heterocycles. The van der Waals surface area contributed by atoms with E-state index in [2.05, 4.69) is 30.3 Å². The molecule has 8 nitrogen and oxygen atoms in total. The van der Waals surface area contributed by atoms with Gasteiger partial charge in [-0.2, -0.15) is 13.8 Å². The molecule has 1 aromatic carbocycles. The maximum absolute atomic E-state index is 13.8. The van der Waals surface area contributed by atoms with Gasteiger partial charge in [-0.05, 0) is 12.1 Å². The van der Waals surface area contributed by atoms with Crippen molar-refractivity contribution in [3.05, 3.63) is 47.9 Å². The Hall–Kier alpha value is -3.58. The lowest BCUT2D eigenvalue weighted by molar-refractivity contribution is -0.0794. The van der Waals surface area contributed by atoms with E-state index in [9.17, 15) is 26.3 Å². The van der Waals surface area contributed by atoms with Gasteiger partial charge in [0.05, 0.1) is 18.1 Å². The van der Waals surface area contributed by atoms with Crippen molar-refractivity contribution in [2.45, 2.75) is 38.0 Å². The molecule has 0 spiro atoms. The number of alkyl halides is 4. The Balaban J connectivity index is 1.40. The van der Waals surface area contributed by atoms with Gasteiger partial charge in [0.25, 0.3) is 5.92 Å². The topological polar surface area (TPSA) is 87.0 Å². The summed E-state index contributed by atoms with van der Waals surface area (Å²) in [5.41, 5.74) is 0.453. The molecule has 170 valence electrons. The second-order valence-electron chi connectivity index (χ2n) is 6.89. The van der Waals surface area contributed by atoms with E-state index in [1.54, 1.807) is 0 Å². The predicted octanol–water partition coefficient (Wildman–Crippen LogP) is 3.73. The maximum Gasteiger partial charge on any atom is 0.387 e. The summed E-state index contributed by atoms with van der Waals surface area (Å²) < 4.78 is 88.6. The van der Waals surface area contributed by atoms with Crippen molar-refractivity contribution in [3.63, 3.8) is 0 Å². The molecule has 0 atom stereocenters. The SMILES string of the molecule is Fc1ccc(-n2cc(COc3ncc(F)c(NC4CC(F)(F)C4)n3)nn2)cc1OC(F)F. The Labute approximate surface area is 176 Å².